The van der Waals surface area contributed by atoms with E-state index in [2.05, 4.69) is 0 Å². The molecule has 31 heavy (non-hydrogen) atoms. The van der Waals surface area contributed by atoms with E-state index < -0.39 is 6.10 Å². The van der Waals surface area contributed by atoms with Crippen LogP contribution in [-0.4, -0.2) is 48.6 Å². The number of carbonyl (C=O) groups excluding carboxylic acids is 2. The van der Waals surface area contributed by atoms with Gasteiger partial charge in [0, 0.05) is 13.2 Å². The summed E-state index contributed by atoms with van der Waals surface area (Å²) in [7, 11) is 0. The molecule has 0 aliphatic carbocycles. The predicted octanol–water partition coefficient (Wildman–Crippen LogP) is 3.55. The highest BCUT2D eigenvalue weighted by atomic mass is 16.5. The lowest BCUT2D eigenvalue weighted by Crippen LogP contribution is -2.52. The van der Waals surface area contributed by atoms with Crippen LogP contribution in [0.2, 0.25) is 0 Å². The second kappa shape index (κ2) is 9.14. The molecule has 2 atom stereocenters. The molecule has 0 N–H and O–H groups in total. The van der Waals surface area contributed by atoms with Crippen molar-refractivity contribution in [3.63, 3.8) is 0 Å². The number of anilines is 1. The number of hydrogen-bond donors (Lipinski definition) is 0. The fourth-order valence-corrected chi connectivity index (χ4v) is 4.11. The first-order chi connectivity index (χ1) is 14.9. The van der Waals surface area contributed by atoms with Gasteiger partial charge in [0.05, 0.1) is 18.3 Å². The van der Waals surface area contributed by atoms with Crippen LogP contribution in [-0.2, 0) is 20.9 Å². The molecule has 1 aromatic heterocycles. The lowest BCUT2D eigenvalue weighted by molar-refractivity contribution is -0.135. The van der Waals surface area contributed by atoms with Crippen molar-refractivity contribution in [1.29, 1.82) is 0 Å². The minimum Gasteiger partial charge on any atom is -0.478 e. The molecule has 0 unspecified atom stereocenters. The third kappa shape index (κ3) is 4.77. The van der Waals surface area contributed by atoms with Crippen LogP contribution in [0.4, 0.5) is 5.69 Å². The first kappa shape index (κ1) is 21.4. The molecule has 1 aromatic carbocycles. The van der Waals surface area contributed by atoms with Crippen molar-refractivity contribution in [1.82, 2.24) is 4.90 Å². The summed E-state index contributed by atoms with van der Waals surface area (Å²) in [5.41, 5.74) is 0.628. The molecule has 2 aliphatic rings. The standard InChI is InChI=1S/C24H30N2O5/c1-16(2)23-24(28)26(20-8-4-5-9-21(20)31-23)15-22(27)25(13-18-7-6-12-29-18)14-19-11-10-17(3)30-19/h4-5,8-11,16,18,23H,6-7,12-15H2,1-3H3/t18-,23+/m0/s1. The van der Waals surface area contributed by atoms with Crippen molar-refractivity contribution in [3.8, 4) is 5.75 Å². The Kier molecular flexibility index (Phi) is 6.32. The quantitative estimate of drug-likeness (QED) is 0.677. The lowest BCUT2D eigenvalue weighted by atomic mass is 10.0. The SMILES string of the molecule is Cc1ccc(CN(C[C@@H]2CCCO2)C(=O)CN2C(=O)[C@@H](C(C)C)Oc3ccccc32)o1. The molecule has 7 heteroatoms. The first-order valence-electron chi connectivity index (χ1n) is 10.9. The smallest absolute Gasteiger partial charge is 0.268 e. The van der Waals surface area contributed by atoms with E-state index >= 15 is 0 Å². The van der Waals surface area contributed by atoms with E-state index in [4.69, 9.17) is 13.9 Å². The molecule has 0 spiro atoms. The summed E-state index contributed by atoms with van der Waals surface area (Å²) in [6.45, 7) is 7.27. The number of furan rings is 1. The summed E-state index contributed by atoms with van der Waals surface area (Å²) in [5, 5.41) is 0. The zero-order valence-electron chi connectivity index (χ0n) is 18.4. The Balaban J connectivity index is 1.56. The van der Waals surface area contributed by atoms with Gasteiger partial charge in [0.15, 0.2) is 6.10 Å². The van der Waals surface area contributed by atoms with E-state index in [9.17, 15) is 9.59 Å². The Morgan fingerprint density at radius 1 is 1.23 bits per heavy atom. The Bertz CT molecular complexity index is 932. The van der Waals surface area contributed by atoms with Gasteiger partial charge in [-0.1, -0.05) is 26.0 Å². The number of aryl methyl sites for hydroxylation is 1. The highest BCUT2D eigenvalue weighted by Crippen LogP contribution is 2.35. The fourth-order valence-electron chi connectivity index (χ4n) is 4.11. The van der Waals surface area contributed by atoms with Gasteiger partial charge in [-0.15, -0.1) is 0 Å². The number of ether oxygens (including phenoxy) is 2. The number of fused-ring (bicyclic) bond motifs is 1. The predicted molar refractivity (Wildman–Crippen MR) is 116 cm³/mol. The van der Waals surface area contributed by atoms with Crippen LogP contribution in [0, 0.1) is 12.8 Å². The van der Waals surface area contributed by atoms with Crippen molar-refractivity contribution < 1.29 is 23.5 Å². The minimum atomic E-state index is -0.609. The second-order valence-corrected chi connectivity index (χ2v) is 8.60. The Labute approximate surface area is 182 Å². The fraction of sp³-hybridized carbons (Fsp3) is 0.500. The van der Waals surface area contributed by atoms with Gasteiger partial charge in [-0.25, -0.2) is 0 Å². The van der Waals surface area contributed by atoms with Crippen molar-refractivity contribution in [2.45, 2.75) is 52.4 Å². The molecule has 3 heterocycles. The highest BCUT2D eigenvalue weighted by molar-refractivity contribution is 6.04. The number of benzene rings is 1. The molecule has 0 radical (unpaired) electrons. The molecular formula is C24H30N2O5. The lowest BCUT2D eigenvalue weighted by Gasteiger charge is -2.36. The summed E-state index contributed by atoms with van der Waals surface area (Å²) in [6.07, 6.45) is 1.33. The molecule has 2 aromatic rings. The zero-order chi connectivity index (χ0) is 22.0. The average molecular weight is 427 g/mol. The number of carbonyl (C=O) groups is 2. The van der Waals surface area contributed by atoms with Crippen LogP contribution in [0.5, 0.6) is 5.75 Å². The van der Waals surface area contributed by atoms with Gasteiger partial charge in [0.2, 0.25) is 5.91 Å². The molecule has 2 aliphatic heterocycles. The summed E-state index contributed by atoms with van der Waals surface area (Å²) in [5.74, 6) is 1.81. The average Bonchev–Trinajstić information content (AvgIpc) is 3.40. The third-order valence-electron chi connectivity index (χ3n) is 5.76. The van der Waals surface area contributed by atoms with Crippen LogP contribution < -0.4 is 9.64 Å². The molecule has 1 saturated heterocycles. The summed E-state index contributed by atoms with van der Waals surface area (Å²) in [6, 6.07) is 11.1. The number of amides is 2. The maximum absolute atomic E-state index is 13.4. The van der Waals surface area contributed by atoms with Crippen LogP contribution in [0.3, 0.4) is 0 Å². The second-order valence-electron chi connectivity index (χ2n) is 8.60. The van der Waals surface area contributed by atoms with Crippen molar-refractivity contribution >= 4 is 17.5 Å². The minimum absolute atomic E-state index is 0.00690. The van der Waals surface area contributed by atoms with Gasteiger partial charge in [-0.05, 0) is 49.9 Å². The van der Waals surface area contributed by atoms with Gasteiger partial charge >= 0.3 is 0 Å². The maximum atomic E-state index is 13.4. The number of nitrogens with zero attached hydrogens (tertiary/aromatic N) is 2. The van der Waals surface area contributed by atoms with E-state index in [0.29, 0.717) is 24.5 Å². The highest BCUT2D eigenvalue weighted by Gasteiger charge is 2.38. The van der Waals surface area contributed by atoms with E-state index in [-0.39, 0.29) is 30.4 Å². The zero-order valence-corrected chi connectivity index (χ0v) is 18.4. The molecule has 4 rings (SSSR count). The summed E-state index contributed by atoms with van der Waals surface area (Å²) in [4.78, 5) is 29.9. The van der Waals surface area contributed by atoms with E-state index in [1.165, 1.54) is 0 Å². The monoisotopic (exact) mass is 426 g/mol. The molecule has 1 fully saturated rings. The van der Waals surface area contributed by atoms with Crippen molar-refractivity contribution in [2.75, 3.05) is 24.6 Å². The van der Waals surface area contributed by atoms with E-state index in [1.54, 1.807) is 9.80 Å². The Hall–Kier alpha value is -2.80. The third-order valence-corrected chi connectivity index (χ3v) is 5.76. The normalized spacial score (nSPS) is 20.6. The van der Waals surface area contributed by atoms with E-state index in [1.807, 2.05) is 57.2 Å². The number of rotatable bonds is 7. The van der Waals surface area contributed by atoms with Crippen molar-refractivity contribution in [3.05, 3.63) is 47.9 Å². The van der Waals surface area contributed by atoms with Crippen LogP contribution in [0.15, 0.2) is 40.8 Å². The van der Waals surface area contributed by atoms with Crippen LogP contribution >= 0.6 is 0 Å². The van der Waals surface area contributed by atoms with Gasteiger partial charge < -0.3 is 18.8 Å². The van der Waals surface area contributed by atoms with Crippen LogP contribution in [0.25, 0.3) is 0 Å². The van der Waals surface area contributed by atoms with Gasteiger partial charge in [0.1, 0.15) is 23.8 Å². The van der Waals surface area contributed by atoms with Crippen molar-refractivity contribution in [2.24, 2.45) is 5.92 Å². The molecule has 0 bridgehead atoms. The summed E-state index contributed by atoms with van der Waals surface area (Å²) < 4.78 is 17.4. The molecule has 166 valence electrons. The topological polar surface area (TPSA) is 72.2 Å². The van der Waals surface area contributed by atoms with Gasteiger partial charge in [-0.3, -0.25) is 14.5 Å². The Morgan fingerprint density at radius 3 is 2.71 bits per heavy atom. The molecule has 7 nitrogen and oxygen atoms in total. The molecule has 0 saturated carbocycles. The Morgan fingerprint density at radius 2 is 2.03 bits per heavy atom. The number of hydrogen-bond acceptors (Lipinski definition) is 5. The number of para-hydroxylation sites is 2. The molecular weight excluding hydrogens is 396 g/mol. The van der Waals surface area contributed by atoms with Gasteiger partial charge in [-0.2, -0.15) is 0 Å². The van der Waals surface area contributed by atoms with Gasteiger partial charge in [0.25, 0.3) is 5.91 Å². The van der Waals surface area contributed by atoms with E-state index in [0.717, 1.165) is 31.0 Å². The summed E-state index contributed by atoms with van der Waals surface area (Å²) >= 11 is 0. The van der Waals surface area contributed by atoms with Crippen LogP contribution in [0.1, 0.15) is 38.2 Å². The maximum Gasteiger partial charge on any atom is 0.268 e. The first-order valence-corrected chi connectivity index (χ1v) is 10.9. The molecule has 2 amide bonds. The largest absolute Gasteiger partial charge is 0.478 e.